The van der Waals surface area contributed by atoms with Crippen molar-refractivity contribution in [2.24, 2.45) is 5.92 Å². The van der Waals surface area contributed by atoms with Crippen molar-refractivity contribution in [1.29, 1.82) is 0 Å². The van der Waals surface area contributed by atoms with Crippen LogP contribution in [0.25, 0.3) is 21.9 Å². The highest BCUT2D eigenvalue weighted by Gasteiger charge is 2.34. The molecule has 0 aromatic heterocycles. The number of hydrogen-bond donors (Lipinski definition) is 2. The van der Waals surface area contributed by atoms with Crippen molar-refractivity contribution < 1.29 is 0 Å². The van der Waals surface area contributed by atoms with Gasteiger partial charge in [-0.15, -0.1) is 0 Å². The molecule has 0 amide bonds. The number of nitrogens with one attached hydrogen (secondary N) is 1. The van der Waals surface area contributed by atoms with Crippen LogP contribution < -0.4 is 16.0 Å². The second kappa shape index (κ2) is 6.33. The van der Waals surface area contributed by atoms with E-state index in [1.165, 1.54) is 40.4 Å². The lowest BCUT2D eigenvalue weighted by molar-refractivity contribution is 0.340. The predicted octanol–water partition coefficient (Wildman–Crippen LogP) is 4.28. The highest BCUT2D eigenvalue weighted by atomic mass is 15.2. The summed E-state index contributed by atoms with van der Waals surface area (Å²) in [4.78, 5) is 2.51. The average Bonchev–Trinajstić information content (AvgIpc) is 3.11. The van der Waals surface area contributed by atoms with Crippen LogP contribution in [0.5, 0.6) is 0 Å². The van der Waals surface area contributed by atoms with Crippen molar-refractivity contribution in [3.63, 3.8) is 0 Å². The molecular formula is C23H25N3. The third kappa shape index (κ3) is 2.73. The molecule has 3 N–H and O–H groups in total. The lowest BCUT2D eigenvalue weighted by Crippen LogP contribution is -2.40. The first-order valence-corrected chi connectivity index (χ1v) is 9.65. The smallest absolute Gasteiger partial charge is 0.0393 e. The number of fused-ring (bicyclic) bond motifs is 2. The summed E-state index contributed by atoms with van der Waals surface area (Å²) >= 11 is 0. The Balaban J connectivity index is 1.55. The molecule has 132 valence electrons. The van der Waals surface area contributed by atoms with E-state index in [-0.39, 0.29) is 0 Å². The summed E-state index contributed by atoms with van der Waals surface area (Å²) in [6.07, 6.45) is 2.64. The summed E-state index contributed by atoms with van der Waals surface area (Å²) in [5.41, 5.74) is 10.9. The first-order valence-electron chi connectivity index (χ1n) is 9.65. The van der Waals surface area contributed by atoms with Crippen LogP contribution in [0.2, 0.25) is 0 Å². The quantitative estimate of drug-likeness (QED) is 0.683. The minimum Gasteiger partial charge on any atom is -0.399 e. The zero-order valence-corrected chi connectivity index (χ0v) is 15.0. The first kappa shape index (κ1) is 15.7. The normalized spacial score (nSPS) is 22.5. The van der Waals surface area contributed by atoms with E-state index < -0.39 is 0 Å². The molecule has 2 fully saturated rings. The van der Waals surface area contributed by atoms with Crippen LogP contribution in [0.15, 0.2) is 60.7 Å². The first-order chi connectivity index (χ1) is 12.8. The Bertz CT molecular complexity index is 930. The molecule has 3 nitrogen and oxygen atoms in total. The number of piperidine rings is 1. The van der Waals surface area contributed by atoms with Crippen molar-refractivity contribution in [2.75, 3.05) is 30.3 Å². The molecule has 3 heteroatoms. The van der Waals surface area contributed by atoms with Crippen molar-refractivity contribution in [3.05, 3.63) is 60.7 Å². The Morgan fingerprint density at radius 1 is 0.962 bits per heavy atom. The van der Waals surface area contributed by atoms with Crippen LogP contribution in [-0.2, 0) is 0 Å². The molecule has 2 aliphatic heterocycles. The molecule has 0 saturated carbocycles. The predicted molar refractivity (Wildman–Crippen MR) is 111 cm³/mol. The fourth-order valence-corrected chi connectivity index (χ4v) is 4.71. The maximum atomic E-state index is 6.31. The maximum absolute atomic E-state index is 6.31. The van der Waals surface area contributed by atoms with E-state index in [0.717, 1.165) is 31.2 Å². The molecule has 0 spiro atoms. The minimum atomic E-state index is 0.631. The third-order valence-electron chi connectivity index (χ3n) is 6.01. The zero-order chi connectivity index (χ0) is 17.5. The molecule has 0 aliphatic carbocycles. The SMILES string of the molecule is Nc1cc(-c2cccc3ccccc23)cc(N2C[C@H]3CCCN[C@H]3C2)c1. The largest absolute Gasteiger partial charge is 0.399 e. The van der Waals surface area contributed by atoms with E-state index in [1.54, 1.807) is 0 Å². The van der Waals surface area contributed by atoms with Crippen molar-refractivity contribution in [1.82, 2.24) is 5.32 Å². The number of hydrogen-bond acceptors (Lipinski definition) is 3. The van der Waals surface area contributed by atoms with Crippen molar-refractivity contribution in [3.8, 4) is 11.1 Å². The summed E-state index contributed by atoms with van der Waals surface area (Å²) < 4.78 is 0. The van der Waals surface area contributed by atoms with E-state index >= 15 is 0 Å². The fourth-order valence-electron chi connectivity index (χ4n) is 4.71. The second-order valence-electron chi connectivity index (χ2n) is 7.71. The Morgan fingerprint density at radius 2 is 1.85 bits per heavy atom. The van der Waals surface area contributed by atoms with Crippen LogP contribution in [0.1, 0.15) is 12.8 Å². The summed E-state index contributed by atoms with van der Waals surface area (Å²) in [5, 5.41) is 6.24. The van der Waals surface area contributed by atoms with Crippen molar-refractivity contribution >= 4 is 22.1 Å². The Morgan fingerprint density at radius 3 is 2.77 bits per heavy atom. The molecule has 2 aliphatic rings. The summed E-state index contributed by atoms with van der Waals surface area (Å²) in [6.45, 7) is 3.38. The van der Waals surface area contributed by atoms with Gasteiger partial charge in [-0.1, -0.05) is 42.5 Å². The number of anilines is 2. The van der Waals surface area contributed by atoms with Crippen LogP contribution >= 0.6 is 0 Å². The zero-order valence-electron chi connectivity index (χ0n) is 15.0. The standard InChI is InChI=1S/C23H25N3/c24-19-11-18(22-9-3-6-16-5-1-2-8-21(16)22)12-20(13-19)26-14-17-7-4-10-25-23(17)15-26/h1-3,5-6,8-9,11-13,17,23,25H,4,7,10,14-15,24H2/t17-,23+/m1/s1. The van der Waals surface area contributed by atoms with Crippen molar-refractivity contribution in [2.45, 2.75) is 18.9 Å². The van der Waals surface area contributed by atoms with Gasteiger partial charge in [0.15, 0.2) is 0 Å². The topological polar surface area (TPSA) is 41.3 Å². The average molecular weight is 343 g/mol. The van der Waals surface area contributed by atoms with Gasteiger partial charge in [-0.05, 0) is 65.4 Å². The van der Waals surface area contributed by atoms with Gasteiger partial charge in [0.05, 0.1) is 0 Å². The lowest BCUT2D eigenvalue weighted by Gasteiger charge is -2.24. The minimum absolute atomic E-state index is 0.631. The monoisotopic (exact) mass is 343 g/mol. The van der Waals surface area contributed by atoms with Crippen LogP contribution in [-0.4, -0.2) is 25.7 Å². The summed E-state index contributed by atoms with van der Waals surface area (Å²) in [7, 11) is 0. The molecule has 26 heavy (non-hydrogen) atoms. The molecule has 0 bridgehead atoms. The highest BCUT2D eigenvalue weighted by Crippen LogP contribution is 2.35. The van der Waals surface area contributed by atoms with Crippen LogP contribution in [0.3, 0.4) is 0 Å². The molecule has 5 rings (SSSR count). The van der Waals surface area contributed by atoms with Gasteiger partial charge in [-0.3, -0.25) is 0 Å². The van der Waals surface area contributed by atoms with Gasteiger partial charge in [-0.25, -0.2) is 0 Å². The number of nitrogens with two attached hydrogens (primary N) is 1. The Kier molecular flexibility index (Phi) is 3.83. The number of nitrogens with zero attached hydrogens (tertiary/aromatic N) is 1. The van der Waals surface area contributed by atoms with Gasteiger partial charge >= 0.3 is 0 Å². The maximum Gasteiger partial charge on any atom is 0.0393 e. The number of benzene rings is 3. The summed E-state index contributed by atoms with van der Waals surface area (Å²) in [5.74, 6) is 0.770. The van der Waals surface area contributed by atoms with Crippen LogP contribution in [0, 0.1) is 5.92 Å². The molecule has 2 atom stereocenters. The van der Waals surface area contributed by atoms with Gasteiger partial charge in [0, 0.05) is 30.5 Å². The van der Waals surface area contributed by atoms with Gasteiger partial charge in [0.1, 0.15) is 0 Å². The molecular weight excluding hydrogens is 318 g/mol. The van der Waals surface area contributed by atoms with E-state index in [9.17, 15) is 0 Å². The number of rotatable bonds is 2. The van der Waals surface area contributed by atoms with E-state index in [1.807, 2.05) is 0 Å². The van der Waals surface area contributed by atoms with Gasteiger partial charge in [0.25, 0.3) is 0 Å². The van der Waals surface area contributed by atoms with E-state index in [2.05, 4.69) is 70.9 Å². The highest BCUT2D eigenvalue weighted by molar-refractivity contribution is 5.97. The van der Waals surface area contributed by atoms with Crippen LogP contribution in [0.4, 0.5) is 11.4 Å². The fraction of sp³-hybridized carbons (Fsp3) is 0.304. The van der Waals surface area contributed by atoms with E-state index in [0.29, 0.717) is 6.04 Å². The lowest BCUT2D eigenvalue weighted by atomic mass is 9.94. The van der Waals surface area contributed by atoms with Gasteiger partial charge in [0.2, 0.25) is 0 Å². The molecule has 3 aromatic rings. The number of nitrogen functional groups attached to an aromatic ring is 1. The summed E-state index contributed by atoms with van der Waals surface area (Å²) in [6, 6.07) is 22.3. The third-order valence-corrected chi connectivity index (χ3v) is 6.01. The molecule has 0 radical (unpaired) electrons. The van der Waals surface area contributed by atoms with Gasteiger partial charge < -0.3 is 16.0 Å². The Hall–Kier alpha value is -2.52. The molecule has 3 aromatic carbocycles. The molecule has 0 unspecified atom stereocenters. The Labute approximate surface area is 154 Å². The molecule has 2 saturated heterocycles. The van der Waals surface area contributed by atoms with E-state index in [4.69, 9.17) is 5.73 Å². The van der Waals surface area contributed by atoms with Gasteiger partial charge in [-0.2, -0.15) is 0 Å². The molecule has 2 heterocycles. The second-order valence-corrected chi connectivity index (χ2v) is 7.71.